The van der Waals surface area contributed by atoms with E-state index in [9.17, 15) is 4.79 Å². The van der Waals surface area contributed by atoms with E-state index in [0.717, 1.165) is 15.8 Å². The lowest BCUT2D eigenvalue weighted by Crippen LogP contribution is -2.24. The van der Waals surface area contributed by atoms with Crippen molar-refractivity contribution >= 4 is 21.9 Å². The maximum Gasteiger partial charge on any atom is 0.307 e. The molecule has 0 aliphatic carbocycles. The minimum absolute atomic E-state index is 0.0730. The molecule has 0 N–H and O–H groups in total. The highest BCUT2D eigenvalue weighted by Gasteiger charge is 2.23. The van der Waals surface area contributed by atoms with Crippen molar-refractivity contribution in [1.29, 1.82) is 0 Å². The molecule has 0 amide bonds. The predicted molar refractivity (Wildman–Crippen MR) is 82.8 cm³/mol. The van der Waals surface area contributed by atoms with E-state index >= 15 is 0 Å². The van der Waals surface area contributed by atoms with Gasteiger partial charge in [0.1, 0.15) is 13.2 Å². The van der Waals surface area contributed by atoms with Crippen LogP contribution in [-0.4, -0.2) is 44.8 Å². The summed E-state index contributed by atoms with van der Waals surface area (Å²) in [7, 11) is 3.88. The average molecular weight is 358 g/mol. The van der Waals surface area contributed by atoms with Crippen LogP contribution in [0.4, 0.5) is 0 Å². The van der Waals surface area contributed by atoms with Gasteiger partial charge in [0.15, 0.2) is 11.5 Å². The van der Waals surface area contributed by atoms with Gasteiger partial charge in [0.25, 0.3) is 0 Å². The van der Waals surface area contributed by atoms with Crippen molar-refractivity contribution in [2.75, 3.05) is 33.9 Å². The van der Waals surface area contributed by atoms with Crippen molar-refractivity contribution in [1.82, 2.24) is 4.90 Å². The summed E-state index contributed by atoms with van der Waals surface area (Å²) in [5.41, 5.74) is 0.990. The Morgan fingerprint density at radius 3 is 2.76 bits per heavy atom. The summed E-state index contributed by atoms with van der Waals surface area (Å²) in [6.45, 7) is 3.28. The molecule has 1 unspecified atom stereocenters. The summed E-state index contributed by atoms with van der Waals surface area (Å²) < 4.78 is 17.1. The Kier molecular flexibility index (Phi) is 5.47. The highest BCUT2D eigenvalue weighted by molar-refractivity contribution is 9.10. The first-order chi connectivity index (χ1) is 10.0. The van der Waals surface area contributed by atoms with E-state index in [-0.39, 0.29) is 12.0 Å². The number of hydrogen-bond acceptors (Lipinski definition) is 5. The lowest BCUT2D eigenvalue weighted by Gasteiger charge is -2.26. The first-order valence-corrected chi connectivity index (χ1v) is 7.73. The molecule has 5 nitrogen and oxygen atoms in total. The zero-order valence-corrected chi connectivity index (χ0v) is 14.1. The van der Waals surface area contributed by atoms with Gasteiger partial charge in [-0.05, 0) is 54.6 Å². The Morgan fingerprint density at radius 1 is 1.38 bits per heavy atom. The molecule has 0 saturated heterocycles. The molecule has 2 rings (SSSR count). The van der Waals surface area contributed by atoms with Crippen LogP contribution in [0.5, 0.6) is 11.5 Å². The summed E-state index contributed by atoms with van der Waals surface area (Å²) in [4.78, 5) is 13.8. The van der Waals surface area contributed by atoms with Crippen molar-refractivity contribution in [3.8, 4) is 11.5 Å². The van der Waals surface area contributed by atoms with Gasteiger partial charge in [-0.1, -0.05) is 0 Å². The summed E-state index contributed by atoms with van der Waals surface area (Å²) in [6.07, 6.45) is 0.299. The molecule has 1 aliphatic heterocycles. The molecule has 1 heterocycles. The van der Waals surface area contributed by atoms with Crippen LogP contribution in [0.1, 0.15) is 24.9 Å². The molecule has 1 aromatic rings. The van der Waals surface area contributed by atoms with Crippen LogP contribution in [-0.2, 0) is 9.53 Å². The van der Waals surface area contributed by atoms with Gasteiger partial charge in [-0.15, -0.1) is 0 Å². The fourth-order valence-electron chi connectivity index (χ4n) is 2.30. The number of ether oxygens (including phenoxy) is 3. The zero-order chi connectivity index (χ0) is 15.4. The van der Waals surface area contributed by atoms with Crippen LogP contribution in [0.25, 0.3) is 0 Å². The highest BCUT2D eigenvalue weighted by atomic mass is 79.9. The molecule has 0 spiro atoms. The number of fused-ring (bicyclic) bond motifs is 1. The van der Waals surface area contributed by atoms with Crippen molar-refractivity contribution in [3.05, 3.63) is 22.2 Å². The molecular weight excluding hydrogens is 338 g/mol. The molecule has 0 saturated carbocycles. The first kappa shape index (κ1) is 16.1. The number of benzene rings is 1. The molecule has 1 atom stereocenters. The Hall–Kier alpha value is -1.27. The molecule has 0 aromatic heterocycles. The Morgan fingerprint density at radius 2 is 2.10 bits per heavy atom. The smallest absolute Gasteiger partial charge is 0.307 e. The standard InChI is InChI=1S/C15H20BrNO4/c1-4-19-14(18)9-12(17(2)3)10-7-11(16)15-13(8-10)20-5-6-21-15/h7-8,12H,4-6,9H2,1-3H3. The molecule has 0 bridgehead atoms. The lowest BCUT2D eigenvalue weighted by molar-refractivity contribution is -0.144. The minimum Gasteiger partial charge on any atom is -0.486 e. The highest BCUT2D eigenvalue weighted by Crippen LogP contribution is 2.41. The fourth-order valence-corrected chi connectivity index (χ4v) is 2.87. The second-order valence-electron chi connectivity index (χ2n) is 5.02. The Bertz CT molecular complexity index is 519. The molecule has 21 heavy (non-hydrogen) atoms. The van der Waals surface area contributed by atoms with Crippen molar-refractivity contribution in [2.24, 2.45) is 0 Å². The fraction of sp³-hybridized carbons (Fsp3) is 0.533. The number of rotatable bonds is 5. The zero-order valence-electron chi connectivity index (χ0n) is 12.5. The van der Waals surface area contributed by atoms with Gasteiger partial charge in [-0.25, -0.2) is 0 Å². The number of carbonyl (C=O) groups excluding carboxylic acids is 1. The molecule has 116 valence electrons. The molecule has 1 aromatic carbocycles. The Balaban J connectivity index is 2.28. The van der Waals surface area contributed by atoms with Gasteiger partial charge in [-0.3, -0.25) is 4.79 Å². The third kappa shape index (κ3) is 3.89. The van der Waals surface area contributed by atoms with Gasteiger partial charge in [0.2, 0.25) is 0 Å². The van der Waals surface area contributed by atoms with Gasteiger partial charge >= 0.3 is 5.97 Å². The molecule has 1 aliphatic rings. The van der Waals surface area contributed by atoms with Crippen LogP contribution in [0, 0.1) is 0 Å². The molecule has 0 fully saturated rings. The van der Waals surface area contributed by atoms with Crippen molar-refractivity contribution in [2.45, 2.75) is 19.4 Å². The van der Waals surface area contributed by atoms with E-state index in [1.807, 2.05) is 38.1 Å². The van der Waals surface area contributed by atoms with Gasteiger partial charge in [-0.2, -0.15) is 0 Å². The van der Waals surface area contributed by atoms with Gasteiger partial charge < -0.3 is 19.1 Å². The number of halogens is 1. The summed E-state index contributed by atoms with van der Waals surface area (Å²) >= 11 is 3.51. The van der Waals surface area contributed by atoms with Crippen molar-refractivity contribution < 1.29 is 19.0 Å². The van der Waals surface area contributed by atoms with E-state index < -0.39 is 0 Å². The number of esters is 1. The average Bonchev–Trinajstić information content (AvgIpc) is 2.44. The monoisotopic (exact) mass is 357 g/mol. The quantitative estimate of drug-likeness (QED) is 0.758. The van der Waals surface area contributed by atoms with Crippen LogP contribution in [0.3, 0.4) is 0 Å². The summed E-state index contributed by atoms with van der Waals surface area (Å²) in [6, 6.07) is 3.83. The number of nitrogens with zero attached hydrogens (tertiary/aromatic N) is 1. The number of hydrogen-bond donors (Lipinski definition) is 0. The maximum absolute atomic E-state index is 11.8. The van der Waals surface area contributed by atoms with Crippen LogP contribution < -0.4 is 9.47 Å². The topological polar surface area (TPSA) is 48.0 Å². The first-order valence-electron chi connectivity index (χ1n) is 6.94. The lowest BCUT2D eigenvalue weighted by atomic mass is 10.0. The van der Waals surface area contributed by atoms with Gasteiger partial charge in [0.05, 0.1) is 17.5 Å². The second kappa shape index (κ2) is 7.13. The number of carbonyl (C=O) groups is 1. The third-order valence-corrected chi connectivity index (χ3v) is 3.88. The molecule has 0 radical (unpaired) electrons. The van der Waals surface area contributed by atoms with Gasteiger partial charge in [0, 0.05) is 6.04 Å². The van der Waals surface area contributed by atoms with E-state index in [0.29, 0.717) is 32.0 Å². The minimum atomic E-state index is -0.206. The Labute approximate surface area is 133 Å². The van der Waals surface area contributed by atoms with E-state index in [1.54, 1.807) is 0 Å². The summed E-state index contributed by atoms with van der Waals surface area (Å²) in [5, 5.41) is 0. The molecule has 6 heteroatoms. The second-order valence-corrected chi connectivity index (χ2v) is 5.87. The summed E-state index contributed by atoms with van der Waals surface area (Å²) in [5.74, 6) is 1.22. The normalized spacial score (nSPS) is 14.9. The van der Waals surface area contributed by atoms with Crippen LogP contribution >= 0.6 is 15.9 Å². The van der Waals surface area contributed by atoms with Crippen molar-refractivity contribution in [3.63, 3.8) is 0 Å². The SMILES string of the molecule is CCOC(=O)CC(c1cc(Br)c2c(c1)OCCO2)N(C)C. The van der Waals surface area contributed by atoms with Crippen LogP contribution in [0.2, 0.25) is 0 Å². The van der Waals surface area contributed by atoms with E-state index in [2.05, 4.69) is 15.9 Å². The third-order valence-electron chi connectivity index (χ3n) is 3.29. The largest absolute Gasteiger partial charge is 0.486 e. The molecular formula is C15H20BrNO4. The van der Waals surface area contributed by atoms with E-state index in [1.165, 1.54) is 0 Å². The van der Waals surface area contributed by atoms with Crippen LogP contribution in [0.15, 0.2) is 16.6 Å². The maximum atomic E-state index is 11.8. The van der Waals surface area contributed by atoms with E-state index in [4.69, 9.17) is 14.2 Å². The predicted octanol–water partition coefficient (Wildman–Crippen LogP) is 2.78.